The Morgan fingerprint density at radius 1 is 1.43 bits per heavy atom. The molecule has 78 valence electrons. The molecule has 2 N–H and O–H groups in total. The summed E-state index contributed by atoms with van der Waals surface area (Å²) in [6, 6.07) is 6.04. The lowest BCUT2D eigenvalue weighted by Crippen LogP contribution is -2.07. The lowest BCUT2D eigenvalue weighted by Gasteiger charge is -2.11. The fraction of sp³-hybridized carbons (Fsp3) is 0.455. The predicted molar refractivity (Wildman–Crippen MR) is 55.7 cm³/mol. The number of benzene rings is 1. The van der Waals surface area contributed by atoms with Gasteiger partial charge in [0.15, 0.2) is 0 Å². The zero-order valence-corrected chi connectivity index (χ0v) is 8.87. The van der Waals surface area contributed by atoms with Gasteiger partial charge < -0.3 is 9.94 Å². The Kier molecular flexibility index (Phi) is 3.92. The zero-order valence-electron chi connectivity index (χ0n) is 8.87. The van der Waals surface area contributed by atoms with Crippen LogP contribution < -0.4 is 10.2 Å². The summed E-state index contributed by atoms with van der Waals surface area (Å²) in [6.07, 6.45) is 0. The van der Waals surface area contributed by atoms with Crippen molar-refractivity contribution >= 4 is 0 Å². The van der Waals surface area contributed by atoms with Gasteiger partial charge in [0.25, 0.3) is 0 Å². The summed E-state index contributed by atoms with van der Waals surface area (Å²) in [5.41, 5.74) is 4.32. The van der Waals surface area contributed by atoms with E-state index in [4.69, 9.17) is 9.94 Å². The fourth-order valence-corrected chi connectivity index (χ4v) is 1.35. The van der Waals surface area contributed by atoms with Crippen LogP contribution in [0, 0.1) is 0 Å². The lowest BCUT2D eigenvalue weighted by atomic mass is 10.0. The van der Waals surface area contributed by atoms with Crippen molar-refractivity contribution in [1.82, 2.24) is 5.48 Å². The summed E-state index contributed by atoms with van der Waals surface area (Å²) in [5.74, 6) is 1.30. The first-order valence-electron chi connectivity index (χ1n) is 4.72. The van der Waals surface area contributed by atoms with E-state index in [-0.39, 0.29) is 0 Å². The molecular weight excluding hydrogens is 178 g/mol. The third-order valence-corrected chi connectivity index (χ3v) is 2.25. The van der Waals surface area contributed by atoms with E-state index < -0.39 is 0 Å². The zero-order chi connectivity index (χ0) is 10.6. The highest BCUT2D eigenvalue weighted by Gasteiger charge is 2.05. The van der Waals surface area contributed by atoms with E-state index in [1.807, 2.05) is 12.1 Å². The molecule has 1 aromatic rings. The third-order valence-electron chi connectivity index (χ3n) is 2.25. The van der Waals surface area contributed by atoms with Crippen LogP contribution in [-0.2, 0) is 6.54 Å². The van der Waals surface area contributed by atoms with Gasteiger partial charge in [0, 0.05) is 12.1 Å². The molecule has 0 aliphatic carbocycles. The number of ether oxygens (including phenoxy) is 1. The average Bonchev–Trinajstić information content (AvgIpc) is 2.18. The van der Waals surface area contributed by atoms with Crippen LogP contribution in [0.1, 0.15) is 30.9 Å². The smallest absolute Gasteiger partial charge is 0.123 e. The standard InChI is InChI=1S/C11H17NO2/c1-8(2)9-4-5-10(7-12-13)11(6-9)14-3/h4-6,8,12-13H,7H2,1-3H3. The van der Waals surface area contributed by atoms with Crippen molar-refractivity contribution in [2.45, 2.75) is 26.3 Å². The van der Waals surface area contributed by atoms with Crippen LogP contribution in [0.4, 0.5) is 0 Å². The van der Waals surface area contributed by atoms with Crippen molar-refractivity contribution in [2.75, 3.05) is 7.11 Å². The van der Waals surface area contributed by atoms with E-state index in [1.54, 1.807) is 7.11 Å². The summed E-state index contributed by atoms with van der Waals surface area (Å²) in [5, 5.41) is 8.61. The molecule has 0 spiro atoms. The molecule has 0 unspecified atom stereocenters. The summed E-state index contributed by atoms with van der Waals surface area (Å²) < 4.78 is 5.24. The molecule has 1 rings (SSSR count). The second-order valence-electron chi connectivity index (χ2n) is 3.56. The van der Waals surface area contributed by atoms with E-state index in [0.29, 0.717) is 12.5 Å². The van der Waals surface area contributed by atoms with Crippen LogP contribution in [0.2, 0.25) is 0 Å². The Balaban J connectivity index is 2.98. The van der Waals surface area contributed by atoms with E-state index in [9.17, 15) is 0 Å². The summed E-state index contributed by atoms with van der Waals surface area (Å²) in [7, 11) is 1.64. The van der Waals surface area contributed by atoms with Gasteiger partial charge in [-0.2, -0.15) is 0 Å². The summed E-state index contributed by atoms with van der Waals surface area (Å²) >= 11 is 0. The Bertz CT molecular complexity index is 297. The topological polar surface area (TPSA) is 41.5 Å². The molecule has 1 aromatic carbocycles. The Morgan fingerprint density at radius 3 is 2.64 bits per heavy atom. The highest BCUT2D eigenvalue weighted by Crippen LogP contribution is 2.24. The number of nitrogens with one attached hydrogen (secondary N) is 1. The molecule has 0 atom stereocenters. The molecular formula is C11H17NO2. The number of hydrogen-bond donors (Lipinski definition) is 2. The molecule has 0 amide bonds. The third kappa shape index (κ3) is 2.47. The minimum Gasteiger partial charge on any atom is -0.496 e. The van der Waals surface area contributed by atoms with E-state index in [0.717, 1.165) is 11.3 Å². The maximum atomic E-state index is 8.61. The monoisotopic (exact) mass is 195 g/mol. The van der Waals surface area contributed by atoms with Crippen molar-refractivity contribution < 1.29 is 9.94 Å². The van der Waals surface area contributed by atoms with E-state index in [1.165, 1.54) is 5.56 Å². The summed E-state index contributed by atoms with van der Waals surface area (Å²) in [4.78, 5) is 0. The molecule has 0 radical (unpaired) electrons. The minimum atomic E-state index is 0.404. The van der Waals surface area contributed by atoms with Crippen molar-refractivity contribution in [1.29, 1.82) is 0 Å². The van der Waals surface area contributed by atoms with E-state index in [2.05, 4.69) is 25.4 Å². The maximum Gasteiger partial charge on any atom is 0.123 e. The van der Waals surface area contributed by atoms with Crippen LogP contribution in [0.25, 0.3) is 0 Å². The lowest BCUT2D eigenvalue weighted by molar-refractivity contribution is 0.160. The molecule has 3 nitrogen and oxygen atoms in total. The molecule has 0 aliphatic rings. The van der Waals surface area contributed by atoms with Gasteiger partial charge >= 0.3 is 0 Å². The first-order chi connectivity index (χ1) is 6.69. The Labute approximate surface area is 84.7 Å². The SMILES string of the molecule is COc1cc(C(C)C)ccc1CNO. The second kappa shape index (κ2) is 4.98. The quantitative estimate of drug-likeness (QED) is 0.724. The van der Waals surface area contributed by atoms with Gasteiger partial charge in [0.2, 0.25) is 0 Å². The molecule has 0 heterocycles. The number of hydrogen-bond acceptors (Lipinski definition) is 3. The molecule has 0 fully saturated rings. The van der Waals surface area contributed by atoms with Crippen LogP contribution in [-0.4, -0.2) is 12.3 Å². The van der Waals surface area contributed by atoms with Gasteiger partial charge in [-0.25, -0.2) is 5.48 Å². The van der Waals surface area contributed by atoms with Crippen molar-refractivity contribution in [2.24, 2.45) is 0 Å². The van der Waals surface area contributed by atoms with Crippen molar-refractivity contribution in [3.63, 3.8) is 0 Å². The Hall–Kier alpha value is -1.06. The number of methoxy groups -OCH3 is 1. The van der Waals surface area contributed by atoms with Crippen LogP contribution >= 0.6 is 0 Å². The van der Waals surface area contributed by atoms with Crippen LogP contribution in [0.3, 0.4) is 0 Å². The van der Waals surface area contributed by atoms with Crippen molar-refractivity contribution in [3.8, 4) is 5.75 Å². The van der Waals surface area contributed by atoms with Crippen molar-refractivity contribution in [3.05, 3.63) is 29.3 Å². The molecule has 0 bridgehead atoms. The van der Waals surface area contributed by atoms with Gasteiger partial charge in [-0.05, 0) is 17.5 Å². The van der Waals surface area contributed by atoms with Gasteiger partial charge in [-0.3, -0.25) is 0 Å². The highest BCUT2D eigenvalue weighted by molar-refractivity contribution is 5.38. The molecule has 0 aromatic heterocycles. The normalized spacial score (nSPS) is 10.6. The van der Waals surface area contributed by atoms with Crippen LogP contribution in [0.5, 0.6) is 5.75 Å². The second-order valence-corrected chi connectivity index (χ2v) is 3.56. The van der Waals surface area contributed by atoms with Gasteiger partial charge in [-0.15, -0.1) is 0 Å². The molecule has 0 saturated carbocycles. The minimum absolute atomic E-state index is 0.404. The largest absolute Gasteiger partial charge is 0.496 e. The van der Waals surface area contributed by atoms with E-state index >= 15 is 0 Å². The first-order valence-corrected chi connectivity index (χ1v) is 4.72. The maximum absolute atomic E-state index is 8.61. The Morgan fingerprint density at radius 2 is 2.14 bits per heavy atom. The van der Waals surface area contributed by atoms with Crippen LogP contribution in [0.15, 0.2) is 18.2 Å². The molecule has 3 heteroatoms. The molecule has 14 heavy (non-hydrogen) atoms. The van der Waals surface area contributed by atoms with Gasteiger partial charge in [-0.1, -0.05) is 26.0 Å². The van der Waals surface area contributed by atoms with Gasteiger partial charge in [0.05, 0.1) is 7.11 Å². The molecule has 0 aliphatic heterocycles. The summed E-state index contributed by atoms with van der Waals surface area (Å²) in [6.45, 7) is 4.68. The average molecular weight is 195 g/mol. The number of hydroxylamine groups is 1. The number of rotatable bonds is 4. The first kappa shape index (κ1) is 11.0. The van der Waals surface area contributed by atoms with Gasteiger partial charge in [0.1, 0.15) is 5.75 Å². The highest BCUT2D eigenvalue weighted by atomic mass is 16.5. The fourth-order valence-electron chi connectivity index (χ4n) is 1.35. The molecule has 0 saturated heterocycles. The predicted octanol–water partition coefficient (Wildman–Crippen LogP) is 2.30.